The zero-order chi connectivity index (χ0) is 16.0. The predicted molar refractivity (Wildman–Crippen MR) is 89.6 cm³/mol. The minimum Gasteiger partial charge on any atom is -0.357 e. The molecule has 1 aliphatic rings. The highest BCUT2D eigenvalue weighted by atomic mass is 15.3. The van der Waals surface area contributed by atoms with Crippen LogP contribution in [0.5, 0.6) is 0 Å². The van der Waals surface area contributed by atoms with Crippen LogP contribution in [0, 0.1) is 5.41 Å². The van der Waals surface area contributed by atoms with Crippen LogP contribution in [0.4, 0.5) is 0 Å². The highest BCUT2D eigenvalue weighted by Gasteiger charge is 2.31. The van der Waals surface area contributed by atoms with Gasteiger partial charge < -0.3 is 14.8 Å². The van der Waals surface area contributed by atoms with E-state index in [1.54, 1.807) is 6.33 Å². The zero-order valence-corrected chi connectivity index (χ0v) is 14.5. The Hall–Kier alpha value is -1.59. The molecule has 22 heavy (non-hydrogen) atoms. The maximum atomic E-state index is 4.77. The van der Waals surface area contributed by atoms with E-state index in [0.29, 0.717) is 12.0 Å². The lowest BCUT2D eigenvalue weighted by Gasteiger charge is -2.42. The number of likely N-dealkylation sites (tertiary alicyclic amines) is 1. The van der Waals surface area contributed by atoms with Crippen LogP contribution in [0.25, 0.3) is 0 Å². The topological polar surface area (TPSA) is 58.3 Å². The van der Waals surface area contributed by atoms with Gasteiger partial charge >= 0.3 is 0 Å². The van der Waals surface area contributed by atoms with Gasteiger partial charge in [-0.3, -0.25) is 0 Å². The van der Waals surface area contributed by atoms with E-state index < -0.39 is 0 Å². The lowest BCUT2D eigenvalue weighted by molar-refractivity contribution is 0.142. The minimum atomic E-state index is 0.411. The average Bonchev–Trinajstić information content (AvgIpc) is 2.89. The number of nitrogens with one attached hydrogen (secondary N) is 1. The monoisotopic (exact) mass is 306 g/mol. The molecule has 0 amide bonds. The summed E-state index contributed by atoms with van der Waals surface area (Å²) in [6.07, 6.45) is 6.81. The van der Waals surface area contributed by atoms with Crippen molar-refractivity contribution in [2.24, 2.45) is 17.5 Å². The first-order valence-electron chi connectivity index (χ1n) is 8.44. The van der Waals surface area contributed by atoms with Gasteiger partial charge in [0.05, 0.1) is 0 Å². The van der Waals surface area contributed by atoms with Crippen molar-refractivity contribution in [3.63, 3.8) is 0 Å². The standard InChI is InChI=1S/C16H30N6/c1-5-8-16(3)9-7-10-22(12-16)15(17-6-2)18-11-14-20-19-13-21(14)4/h13H,5-12H2,1-4H3,(H,17,18). The third kappa shape index (κ3) is 4.21. The van der Waals surface area contributed by atoms with Crippen molar-refractivity contribution in [3.8, 4) is 0 Å². The number of nitrogens with zero attached hydrogens (tertiary/aromatic N) is 5. The summed E-state index contributed by atoms with van der Waals surface area (Å²) in [7, 11) is 1.96. The molecule has 124 valence electrons. The van der Waals surface area contributed by atoms with E-state index in [1.165, 1.54) is 25.7 Å². The molecule has 0 aromatic carbocycles. The molecule has 1 fully saturated rings. The second-order valence-corrected chi connectivity index (χ2v) is 6.61. The van der Waals surface area contributed by atoms with Crippen molar-refractivity contribution in [1.29, 1.82) is 0 Å². The molecule has 1 atom stereocenters. The van der Waals surface area contributed by atoms with Gasteiger partial charge in [-0.25, -0.2) is 4.99 Å². The molecule has 0 saturated carbocycles. The van der Waals surface area contributed by atoms with Crippen molar-refractivity contribution in [2.45, 2.75) is 53.0 Å². The smallest absolute Gasteiger partial charge is 0.194 e. The molecule has 1 unspecified atom stereocenters. The Morgan fingerprint density at radius 1 is 1.45 bits per heavy atom. The van der Waals surface area contributed by atoms with E-state index in [-0.39, 0.29) is 0 Å². The van der Waals surface area contributed by atoms with Gasteiger partial charge in [0.15, 0.2) is 11.8 Å². The maximum Gasteiger partial charge on any atom is 0.194 e. The molecule has 0 radical (unpaired) electrons. The summed E-state index contributed by atoms with van der Waals surface area (Å²) in [5.74, 6) is 1.90. The Morgan fingerprint density at radius 3 is 2.91 bits per heavy atom. The van der Waals surface area contributed by atoms with Crippen LogP contribution < -0.4 is 5.32 Å². The number of hydrogen-bond acceptors (Lipinski definition) is 3. The van der Waals surface area contributed by atoms with Gasteiger partial charge in [0, 0.05) is 26.7 Å². The summed E-state index contributed by atoms with van der Waals surface area (Å²) >= 11 is 0. The zero-order valence-electron chi connectivity index (χ0n) is 14.5. The molecule has 1 aromatic rings. The first kappa shape index (κ1) is 16.8. The minimum absolute atomic E-state index is 0.411. The molecule has 1 aromatic heterocycles. The highest BCUT2D eigenvalue weighted by molar-refractivity contribution is 5.80. The van der Waals surface area contributed by atoms with Gasteiger partial charge in [-0.15, -0.1) is 10.2 Å². The fourth-order valence-electron chi connectivity index (χ4n) is 3.33. The molecule has 6 heteroatoms. The van der Waals surface area contributed by atoms with Crippen molar-refractivity contribution < 1.29 is 0 Å². The number of rotatable bonds is 5. The second-order valence-electron chi connectivity index (χ2n) is 6.61. The molecule has 0 aliphatic carbocycles. The third-order valence-corrected chi connectivity index (χ3v) is 4.44. The van der Waals surface area contributed by atoms with Crippen LogP contribution in [0.3, 0.4) is 0 Å². The molecule has 1 saturated heterocycles. The number of guanidine groups is 1. The van der Waals surface area contributed by atoms with Gasteiger partial charge in [-0.05, 0) is 31.6 Å². The summed E-state index contributed by atoms with van der Waals surface area (Å²) in [6, 6.07) is 0. The molecule has 2 heterocycles. The Kier molecular flexibility index (Phi) is 5.80. The van der Waals surface area contributed by atoms with Gasteiger partial charge in [0.25, 0.3) is 0 Å². The predicted octanol–water partition coefficient (Wildman–Crippen LogP) is 2.18. The van der Waals surface area contributed by atoms with Crippen molar-refractivity contribution in [1.82, 2.24) is 25.0 Å². The van der Waals surface area contributed by atoms with Crippen LogP contribution >= 0.6 is 0 Å². The van der Waals surface area contributed by atoms with Gasteiger partial charge in [0.2, 0.25) is 0 Å². The normalized spacial score (nSPS) is 22.9. The van der Waals surface area contributed by atoms with Crippen molar-refractivity contribution in [2.75, 3.05) is 19.6 Å². The molecule has 1 N–H and O–H groups in total. The summed E-state index contributed by atoms with van der Waals surface area (Å²) in [6.45, 7) is 10.4. The molecule has 0 bridgehead atoms. The summed E-state index contributed by atoms with van der Waals surface area (Å²) < 4.78 is 1.92. The van der Waals surface area contributed by atoms with E-state index in [9.17, 15) is 0 Å². The average molecular weight is 306 g/mol. The van der Waals surface area contributed by atoms with Crippen molar-refractivity contribution >= 4 is 5.96 Å². The molecular formula is C16H30N6. The van der Waals surface area contributed by atoms with Gasteiger partial charge in [-0.2, -0.15) is 0 Å². The van der Waals surface area contributed by atoms with E-state index >= 15 is 0 Å². The molecule has 6 nitrogen and oxygen atoms in total. The van der Waals surface area contributed by atoms with Gasteiger partial charge in [0.1, 0.15) is 12.9 Å². The number of aryl methyl sites for hydroxylation is 1. The van der Waals surface area contributed by atoms with Gasteiger partial charge in [-0.1, -0.05) is 20.3 Å². The maximum absolute atomic E-state index is 4.77. The second kappa shape index (κ2) is 7.61. The van der Waals surface area contributed by atoms with E-state index in [4.69, 9.17) is 4.99 Å². The third-order valence-electron chi connectivity index (χ3n) is 4.44. The van der Waals surface area contributed by atoms with Crippen LogP contribution in [0.2, 0.25) is 0 Å². The molecule has 1 aliphatic heterocycles. The number of hydrogen-bond donors (Lipinski definition) is 1. The first-order chi connectivity index (χ1) is 10.6. The Morgan fingerprint density at radius 2 is 2.27 bits per heavy atom. The van der Waals surface area contributed by atoms with Crippen LogP contribution in [0.1, 0.15) is 52.3 Å². The Labute approximate surface area is 134 Å². The fraction of sp³-hybridized carbons (Fsp3) is 0.812. The van der Waals surface area contributed by atoms with E-state index in [1.807, 2.05) is 11.6 Å². The quantitative estimate of drug-likeness (QED) is 0.669. The lowest BCUT2D eigenvalue weighted by atomic mass is 9.78. The summed E-state index contributed by atoms with van der Waals surface area (Å²) in [4.78, 5) is 7.19. The molecule has 2 rings (SSSR count). The van der Waals surface area contributed by atoms with Crippen LogP contribution in [-0.2, 0) is 13.6 Å². The van der Waals surface area contributed by atoms with Crippen molar-refractivity contribution in [3.05, 3.63) is 12.2 Å². The van der Waals surface area contributed by atoms with E-state index in [0.717, 1.165) is 31.4 Å². The lowest BCUT2D eigenvalue weighted by Crippen LogP contribution is -2.49. The largest absolute Gasteiger partial charge is 0.357 e. The van der Waals surface area contributed by atoms with Crippen LogP contribution in [-0.4, -0.2) is 45.3 Å². The Bertz CT molecular complexity index is 491. The first-order valence-corrected chi connectivity index (χ1v) is 8.44. The SMILES string of the molecule is CCCC1(C)CCCN(C(=NCc2nncn2C)NCC)C1. The molecule has 0 spiro atoms. The highest BCUT2D eigenvalue weighted by Crippen LogP contribution is 2.33. The molecular weight excluding hydrogens is 276 g/mol. The van der Waals surface area contributed by atoms with E-state index in [2.05, 4.69) is 41.2 Å². The number of aliphatic imine (C=N–C) groups is 1. The number of piperidine rings is 1. The van der Waals surface area contributed by atoms with Crippen LogP contribution in [0.15, 0.2) is 11.3 Å². The Balaban J connectivity index is 2.08. The fourth-order valence-corrected chi connectivity index (χ4v) is 3.33. The summed E-state index contributed by atoms with van der Waals surface area (Å²) in [5.41, 5.74) is 0.411. The number of aromatic nitrogens is 3. The summed E-state index contributed by atoms with van der Waals surface area (Å²) in [5, 5.41) is 11.5.